The van der Waals surface area contributed by atoms with Gasteiger partial charge in [-0.15, -0.1) is 0 Å². The molecule has 0 fully saturated rings. The number of hydrogen-bond acceptors (Lipinski definition) is 6. The molecule has 0 unspecified atom stereocenters. The van der Waals surface area contributed by atoms with Gasteiger partial charge >= 0.3 is 11.9 Å². The maximum absolute atomic E-state index is 11.6. The van der Waals surface area contributed by atoms with E-state index < -0.39 is 5.97 Å². The Labute approximate surface area is 147 Å². The molecule has 136 valence electrons. The largest absolute Gasteiger partial charge is 0.467 e. The fourth-order valence-electron chi connectivity index (χ4n) is 1.93. The molecule has 0 aliphatic heterocycles. The van der Waals surface area contributed by atoms with E-state index in [1.807, 2.05) is 0 Å². The Morgan fingerprint density at radius 1 is 1.04 bits per heavy atom. The van der Waals surface area contributed by atoms with Crippen LogP contribution in [-0.2, 0) is 23.9 Å². The van der Waals surface area contributed by atoms with Gasteiger partial charge in [0.15, 0.2) is 0 Å². The van der Waals surface area contributed by atoms with Gasteiger partial charge in [-0.25, -0.2) is 4.79 Å². The van der Waals surface area contributed by atoms with Crippen LogP contribution in [0.5, 0.6) is 5.75 Å². The van der Waals surface area contributed by atoms with Crippen molar-refractivity contribution in [2.45, 2.75) is 39.0 Å². The minimum absolute atomic E-state index is 0.00943. The average Bonchev–Trinajstić information content (AvgIpc) is 2.61. The Morgan fingerprint density at radius 3 is 2.48 bits per heavy atom. The predicted octanol–water partition coefficient (Wildman–Crippen LogP) is 3.29. The summed E-state index contributed by atoms with van der Waals surface area (Å²) in [5.41, 5.74) is 0.784. The quantitative estimate of drug-likeness (QED) is 0.190. The minimum atomic E-state index is -0.489. The molecule has 0 saturated heterocycles. The fraction of sp³-hybridized carbons (Fsp3) is 0.421. The highest BCUT2D eigenvalue weighted by Gasteiger charge is 2.05. The summed E-state index contributed by atoms with van der Waals surface area (Å²) >= 11 is 0. The Hall–Kier alpha value is -2.63. The van der Waals surface area contributed by atoms with Crippen molar-refractivity contribution in [3.8, 4) is 5.75 Å². The molecule has 0 bridgehead atoms. The summed E-state index contributed by atoms with van der Waals surface area (Å²) in [6.07, 6.45) is 7.24. The third-order valence-corrected chi connectivity index (χ3v) is 3.26. The Kier molecular flexibility index (Phi) is 10.4. The van der Waals surface area contributed by atoms with Crippen LogP contribution in [0.4, 0.5) is 0 Å². The molecule has 0 aromatic heterocycles. The van der Waals surface area contributed by atoms with Gasteiger partial charge in [0.2, 0.25) is 0 Å². The van der Waals surface area contributed by atoms with Gasteiger partial charge in [0, 0.05) is 6.08 Å². The molecule has 25 heavy (non-hydrogen) atoms. The molecule has 0 amide bonds. The second kappa shape index (κ2) is 12.8. The number of rotatable bonds is 12. The molecule has 0 spiro atoms. The molecule has 6 nitrogen and oxygen atoms in total. The molecular weight excluding hydrogens is 324 g/mol. The van der Waals surface area contributed by atoms with E-state index in [-0.39, 0.29) is 25.5 Å². The monoisotopic (exact) mass is 348 g/mol. The van der Waals surface area contributed by atoms with Crippen molar-refractivity contribution < 1.29 is 28.6 Å². The number of hydrogen-bond donors (Lipinski definition) is 0. The van der Waals surface area contributed by atoms with Crippen molar-refractivity contribution in [1.82, 2.24) is 0 Å². The molecule has 6 heteroatoms. The summed E-state index contributed by atoms with van der Waals surface area (Å²) in [7, 11) is 0. The van der Waals surface area contributed by atoms with E-state index in [9.17, 15) is 14.4 Å². The van der Waals surface area contributed by atoms with E-state index in [1.54, 1.807) is 30.3 Å². The van der Waals surface area contributed by atoms with E-state index in [0.29, 0.717) is 12.4 Å². The first kappa shape index (κ1) is 20.4. The smallest absolute Gasteiger partial charge is 0.330 e. The lowest BCUT2D eigenvalue weighted by atomic mass is 10.2. The van der Waals surface area contributed by atoms with Crippen molar-refractivity contribution in [2.75, 3.05) is 13.2 Å². The van der Waals surface area contributed by atoms with E-state index in [1.165, 1.54) is 6.08 Å². The lowest BCUT2D eigenvalue weighted by Gasteiger charge is -2.04. The van der Waals surface area contributed by atoms with E-state index >= 15 is 0 Å². The van der Waals surface area contributed by atoms with Gasteiger partial charge in [0.25, 0.3) is 6.47 Å². The molecule has 0 aliphatic carbocycles. The van der Waals surface area contributed by atoms with E-state index in [4.69, 9.17) is 9.47 Å². The zero-order valence-corrected chi connectivity index (χ0v) is 14.4. The van der Waals surface area contributed by atoms with Crippen LogP contribution in [0.1, 0.15) is 44.6 Å². The highest BCUT2D eigenvalue weighted by atomic mass is 16.5. The van der Waals surface area contributed by atoms with E-state index in [2.05, 4.69) is 11.7 Å². The normalized spacial score (nSPS) is 10.4. The highest BCUT2D eigenvalue weighted by Crippen LogP contribution is 2.14. The summed E-state index contributed by atoms with van der Waals surface area (Å²) in [6.45, 7) is 2.84. The molecule has 0 atom stereocenters. The Morgan fingerprint density at radius 2 is 1.80 bits per heavy atom. The molecule has 1 aromatic carbocycles. The van der Waals surface area contributed by atoms with Crippen LogP contribution in [0.25, 0.3) is 6.08 Å². The molecular formula is C19H24O6. The maximum atomic E-state index is 11.6. The Balaban J connectivity index is 2.34. The number of carbonyl (C=O) groups excluding carboxylic acids is 3. The second-order valence-corrected chi connectivity index (χ2v) is 5.32. The number of benzene rings is 1. The SMILES string of the molecule is CCCCCCOC(=O)C=Cc1ccc(OC(=O)CCOC=O)cc1. The van der Waals surface area contributed by atoms with Crippen LogP contribution in [-0.4, -0.2) is 31.6 Å². The van der Waals surface area contributed by atoms with Gasteiger partial charge in [0.05, 0.1) is 13.0 Å². The summed E-state index contributed by atoms with van der Waals surface area (Å²) < 4.78 is 14.6. The standard InChI is InChI=1S/C19H24O6/c1-2-3-4-5-13-24-18(21)11-8-16-6-9-17(10-7-16)25-19(22)12-14-23-15-20/h6-11,15H,2-5,12-14H2,1H3. The molecule has 0 heterocycles. The van der Waals surface area contributed by atoms with Gasteiger partial charge in [0.1, 0.15) is 12.4 Å². The van der Waals surface area contributed by atoms with Crippen molar-refractivity contribution in [3.63, 3.8) is 0 Å². The van der Waals surface area contributed by atoms with Crippen LogP contribution >= 0.6 is 0 Å². The van der Waals surface area contributed by atoms with E-state index in [0.717, 1.165) is 31.2 Å². The number of carbonyl (C=O) groups is 3. The third-order valence-electron chi connectivity index (χ3n) is 3.26. The summed E-state index contributed by atoms with van der Waals surface area (Å²) in [5, 5.41) is 0. The molecule has 0 N–H and O–H groups in total. The number of ether oxygens (including phenoxy) is 3. The van der Waals surface area contributed by atoms with Crippen LogP contribution in [0.15, 0.2) is 30.3 Å². The fourth-order valence-corrected chi connectivity index (χ4v) is 1.93. The third kappa shape index (κ3) is 9.96. The molecule has 1 aromatic rings. The zero-order valence-electron chi connectivity index (χ0n) is 14.4. The highest BCUT2D eigenvalue weighted by molar-refractivity contribution is 5.87. The zero-order chi connectivity index (χ0) is 18.3. The summed E-state index contributed by atoms with van der Waals surface area (Å²) in [6, 6.07) is 6.67. The van der Waals surface area contributed by atoms with Crippen LogP contribution in [0.3, 0.4) is 0 Å². The van der Waals surface area contributed by atoms with Crippen LogP contribution in [0, 0.1) is 0 Å². The van der Waals surface area contributed by atoms with Crippen LogP contribution < -0.4 is 4.74 Å². The summed E-state index contributed by atoms with van der Waals surface area (Å²) in [5.74, 6) is -0.481. The minimum Gasteiger partial charge on any atom is -0.467 e. The molecule has 0 aliphatic rings. The van der Waals surface area contributed by atoms with Crippen molar-refractivity contribution >= 4 is 24.5 Å². The lowest BCUT2D eigenvalue weighted by molar-refractivity contribution is -0.138. The van der Waals surface area contributed by atoms with Crippen molar-refractivity contribution in [3.05, 3.63) is 35.9 Å². The van der Waals surface area contributed by atoms with Crippen molar-refractivity contribution in [2.24, 2.45) is 0 Å². The second-order valence-electron chi connectivity index (χ2n) is 5.32. The first-order chi connectivity index (χ1) is 12.2. The van der Waals surface area contributed by atoms with Crippen molar-refractivity contribution in [1.29, 1.82) is 0 Å². The van der Waals surface area contributed by atoms with Crippen LogP contribution in [0.2, 0.25) is 0 Å². The molecule has 1 rings (SSSR count). The van der Waals surface area contributed by atoms with Gasteiger partial charge in [-0.3, -0.25) is 9.59 Å². The molecule has 0 saturated carbocycles. The topological polar surface area (TPSA) is 78.9 Å². The number of unbranched alkanes of at least 4 members (excludes halogenated alkanes) is 3. The maximum Gasteiger partial charge on any atom is 0.330 e. The van der Waals surface area contributed by atoms with Gasteiger partial charge in [-0.1, -0.05) is 38.3 Å². The Bertz CT molecular complexity index is 562. The average molecular weight is 348 g/mol. The lowest BCUT2D eigenvalue weighted by Crippen LogP contribution is -2.10. The van der Waals surface area contributed by atoms with Gasteiger partial charge < -0.3 is 14.2 Å². The van der Waals surface area contributed by atoms with Gasteiger partial charge in [-0.05, 0) is 30.2 Å². The summed E-state index contributed by atoms with van der Waals surface area (Å²) in [4.78, 5) is 33.0. The van der Waals surface area contributed by atoms with Gasteiger partial charge in [-0.2, -0.15) is 0 Å². The first-order valence-corrected chi connectivity index (χ1v) is 8.36. The first-order valence-electron chi connectivity index (χ1n) is 8.36. The predicted molar refractivity (Wildman–Crippen MR) is 92.8 cm³/mol. The molecule has 0 radical (unpaired) electrons. The number of esters is 2.